The summed E-state index contributed by atoms with van der Waals surface area (Å²) in [7, 11) is -0.0948. The van der Waals surface area contributed by atoms with Crippen LogP contribution < -0.4 is 0 Å². The first-order chi connectivity index (χ1) is 10.6. The molecule has 23 heavy (non-hydrogen) atoms. The number of hydrogen-bond donors (Lipinski definition) is 0. The summed E-state index contributed by atoms with van der Waals surface area (Å²) >= 11 is 0. The summed E-state index contributed by atoms with van der Waals surface area (Å²) < 4.78 is 6.38. The maximum atomic E-state index is 13.0. The molecule has 2 atom stereocenters. The highest BCUT2D eigenvalue weighted by molar-refractivity contribution is 6.79. The minimum atomic E-state index is -2.15. The van der Waals surface area contributed by atoms with Crippen molar-refractivity contribution in [2.24, 2.45) is 5.92 Å². The van der Waals surface area contributed by atoms with Crippen LogP contribution in [-0.4, -0.2) is 38.3 Å². The molecule has 1 aliphatic rings. The second-order valence-corrected chi connectivity index (χ2v) is 13.7. The molecule has 3 nitrogen and oxygen atoms in total. The Bertz CT molecular complexity index is 407. The molecule has 1 heterocycles. The molecule has 0 unspecified atom stereocenters. The third kappa shape index (κ3) is 4.08. The largest absolute Gasteiger partial charge is 0.517 e. The van der Waals surface area contributed by atoms with Crippen molar-refractivity contribution in [2.45, 2.75) is 90.5 Å². The predicted octanol–water partition coefficient (Wildman–Crippen LogP) is 4.99. The Morgan fingerprint density at radius 2 is 1.52 bits per heavy atom. The van der Waals surface area contributed by atoms with Gasteiger partial charge in [0.1, 0.15) is 6.04 Å². The lowest BCUT2D eigenvalue weighted by molar-refractivity contribution is -0.142. The van der Waals surface area contributed by atoms with Gasteiger partial charge in [0.05, 0.1) is 0 Å². The number of carbonyl (C=O) groups is 1. The van der Waals surface area contributed by atoms with E-state index < -0.39 is 8.32 Å². The van der Waals surface area contributed by atoms with Gasteiger partial charge in [0.2, 0.25) is 0 Å². The summed E-state index contributed by atoms with van der Waals surface area (Å²) in [6, 6.07) is 0.171. The van der Waals surface area contributed by atoms with Crippen molar-refractivity contribution < 1.29 is 9.22 Å². The maximum Gasteiger partial charge on any atom is 0.310 e. The van der Waals surface area contributed by atoms with Crippen LogP contribution in [-0.2, 0) is 9.22 Å². The number of rotatable bonds is 6. The molecule has 134 valence electrons. The molecular formula is C19H37NO2Si. The molecule has 4 heteroatoms. The fourth-order valence-corrected chi connectivity index (χ4v) is 9.60. The SMILES string of the molecule is CC(C)[C@H]1C=CC[C@@H](C(=O)O[Si](C(C)C)(C(C)C)C(C)C)N1C. The van der Waals surface area contributed by atoms with Crippen molar-refractivity contribution in [1.29, 1.82) is 0 Å². The Balaban J connectivity index is 3.02. The minimum Gasteiger partial charge on any atom is -0.517 e. The molecule has 0 saturated carbocycles. The first kappa shape index (κ1) is 20.4. The van der Waals surface area contributed by atoms with Crippen LogP contribution in [0.25, 0.3) is 0 Å². The second kappa shape index (κ2) is 7.97. The average molecular weight is 340 g/mol. The molecule has 0 fully saturated rings. The third-order valence-corrected chi connectivity index (χ3v) is 11.6. The van der Waals surface area contributed by atoms with Gasteiger partial charge in [0.25, 0.3) is 8.32 Å². The first-order valence-electron chi connectivity index (χ1n) is 9.17. The van der Waals surface area contributed by atoms with E-state index >= 15 is 0 Å². The van der Waals surface area contributed by atoms with Crippen LogP contribution in [0, 0.1) is 5.92 Å². The van der Waals surface area contributed by atoms with Crippen molar-refractivity contribution >= 4 is 14.3 Å². The minimum absolute atomic E-state index is 0.00901. The number of likely N-dealkylation sites (N-methyl/N-ethyl adjacent to an activating group) is 1. The van der Waals surface area contributed by atoms with E-state index in [0.717, 1.165) is 6.42 Å². The summed E-state index contributed by atoms with van der Waals surface area (Å²) in [5, 5.41) is 0. The molecule has 0 radical (unpaired) electrons. The highest BCUT2D eigenvalue weighted by atomic mass is 28.4. The molecular weight excluding hydrogens is 302 g/mol. The summed E-state index contributed by atoms with van der Waals surface area (Å²) in [4.78, 5) is 15.2. The van der Waals surface area contributed by atoms with Crippen molar-refractivity contribution in [3.8, 4) is 0 Å². The molecule has 0 aromatic rings. The zero-order valence-electron chi connectivity index (χ0n) is 16.6. The van der Waals surface area contributed by atoms with Gasteiger partial charge in [-0.2, -0.15) is 0 Å². The van der Waals surface area contributed by atoms with Crippen LogP contribution in [0.4, 0.5) is 0 Å². The molecule has 0 amide bonds. The lowest BCUT2D eigenvalue weighted by Gasteiger charge is -2.44. The number of nitrogens with zero attached hydrogens (tertiary/aromatic N) is 1. The van der Waals surface area contributed by atoms with Gasteiger partial charge in [-0.1, -0.05) is 67.5 Å². The highest BCUT2D eigenvalue weighted by Crippen LogP contribution is 2.42. The quantitative estimate of drug-likeness (QED) is 0.504. The number of carbonyl (C=O) groups excluding carboxylic acids is 1. The fourth-order valence-electron chi connectivity index (χ4n) is 4.41. The van der Waals surface area contributed by atoms with E-state index in [1.165, 1.54) is 0 Å². The lowest BCUT2D eigenvalue weighted by Crippen LogP contribution is -2.55. The van der Waals surface area contributed by atoms with E-state index in [2.05, 4.69) is 79.5 Å². The highest BCUT2D eigenvalue weighted by Gasteiger charge is 2.49. The molecule has 0 aliphatic carbocycles. The molecule has 1 rings (SSSR count). The first-order valence-corrected chi connectivity index (χ1v) is 11.3. The van der Waals surface area contributed by atoms with Crippen molar-refractivity contribution in [3.05, 3.63) is 12.2 Å². The van der Waals surface area contributed by atoms with Gasteiger partial charge < -0.3 is 4.43 Å². The van der Waals surface area contributed by atoms with Gasteiger partial charge in [-0.15, -0.1) is 0 Å². The van der Waals surface area contributed by atoms with Gasteiger partial charge >= 0.3 is 5.97 Å². The van der Waals surface area contributed by atoms with E-state index in [1.807, 2.05) is 0 Å². The monoisotopic (exact) mass is 339 g/mol. The van der Waals surface area contributed by atoms with Crippen molar-refractivity contribution in [1.82, 2.24) is 4.90 Å². The summed E-state index contributed by atoms with van der Waals surface area (Å²) in [6.07, 6.45) is 5.14. The van der Waals surface area contributed by atoms with Crippen LogP contribution in [0.5, 0.6) is 0 Å². The van der Waals surface area contributed by atoms with Crippen molar-refractivity contribution in [2.75, 3.05) is 7.05 Å². The summed E-state index contributed by atoms with van der Waals surface area (Å²) in [6.45, 7) is 17.7. The Kier molecular flexibility index (Phi) is 7.08. The lowest BCUT2D eigenvalue weighted by atomic mass is 9.95. The van der Waals surface area contributed by atoms with Gasteiger partial charge in [-0.25, -0.2) is 0 Å². The van der Waals surface area contributed by atoms with Crippen molar-refractivity contribution in [3.63, 3.8) is 0 Å². The molecule has 0 spiro atoms. The maximum absolute atomic E-state index is 13.0. The van der Waals surface area contributed by atoms with E-state index in [-0.39, 0.29) is 12.0 Å². The van der Waals surface area contributed by atoms with E-state index in [0.29, 0.717) is 28.6 Å². The van der Waals surface area contributed by atoms with Crippen LogP contribution in [0.15, 0.2) is 12.2 Å². The summed E-state index contributed by atoms with van der Waals surface area (Å²) in [5.41, 5.74) is 1.28. The molecule has 0 aromatic carbocycles. The Morgan fingerprint density at radius 3 is 1.91 bits per heavy atom. The molecule has 1 aliphatic heterocycles. The van der Waals surface area contributed by atoms with E-state index in [9.17, 15) is 4.79 Å². The Morgan fingerprint density at radius 1 is 1.04 bits per heavy atom. The van der Waals surface area contributed by atoms with Crippen LogP contribution in [0.2, 0.25) is 16.6 Å². The van der Waals surface area contributed by atoms with Crippen LogP contribution in [0.3, 0.4) is 0 Å². The topological polar surface area (TPSA) is 29.5 Å². The Hall–Kier alpha value is -0.613. The van der Waals surface area contributed by atoms with E-state index in [1.54, 1.807) is 0 Å². The molecule has 0 bridgehead atoms. The fraction of sp³-hybridized carbons (Fsp3) is 0.842. The number of hydrogen-bond acceptors (Lipinski definition) is 3. The zero-order chi connectivity index (χ0) is 17.9. The average Bonchev–Trinajstić information content (AvgIpc) is 2.43. The van der Waals surface area contributed by atoms with Gasteiger partial charge in [-0.3, -0.25) is 9.69 Å². The molecule has 0 saturated heterocycles. The predicted molar refractivity (Wildman–Crippen MR) is 101 cm³/mol. The zero-order valence-corrected chi connectivity index (χ0v) is 17.6. The Labute approximate surface area is 144 Å². The van der Waals surface area contributed by atoms with Gasteiger partial charge in [0, 0.05) is 6.04 Å². The normalized spacial score (nSPS) is 23.3. The van der Waals surface area contributed by atoms with Crippen LogP contribution in [0.1, 0.15) is 61.8 Å². The van der Waals surface area contributed by atoms with Crippen LogP contribution >= 0.6 is 0 Å². The smallest absolute Gasteiger partial charge is 0.310 e. The van der Waals surface area contributed by atoms with Gasteiger partial charge in [-0.05, 0) is 36.0 Å². The third-order valence-electron chi connectivity index (χ3n) is 5.59. The van der Waals surface area contributed by atoms with Gasteiger partial charge in [0.15, 0.2) is 0 Å². The molecule has 0 N–H and O–H groups in total. The summed E-state index contributed by atoms with van der Waals surface area (Å²) in [5.74, 6) is 0.486. The second-order valence-electron chi connectivity index (χ2n) is 8.32. The van der Waals surface area contributed by atoms with E-state index in [4.69, 9.17) is 4.43 Å². The standard InChI is InChI=1S/C19H37NO2Si/c1-13(2)17-11-10-12-18(20(17)9)19(21)22-23(14(3)4,15(5)6)16(7)8/h10-11,13-18H,12H2,1-9H3/t17-,18+/m1/s1. The molecule has 0 aromatic heterocycles.